The molecule has 1 atom stereocenters. The average molecular weight is 279 g/mol. The van der Waals surface area contributed by atoms with Crippen LogP contribution in [0.3, 0.4) is 0 Å². The van der Waals surface area contributed by atoms with Crippen molar-refractivity contribution < 1.29 is 9.72 Å². The minimum absolute atomic E-state index is 0.0519. The molecule has 1 amide bonds. The molecule has 3 rings (SSSR count). The summed E-state index contributed by atoms with van der Waals surface area (Å²) in [7, 11) is 1.58. The third-order valence-electron chi connectivity index (χ3n) is 4.08. The van der Waals surface area contributed by atoms with Crippen LogP contribution in [0, 0.1) is 10.1 Å². The number of hydrogen-bond donors (Lipinski definition) is 0. The van der Waals surface area contributed by atoms with Crippen LogP contribution in [0.25, 0.3) is 0 Å². The summed E-state index contributed by atoms with van der Waals surface area (Å²) < 4.78 is 1.32. The van der Waals surface area contributed by atoms with E-state index in [1.807, 2.05) is 0 Å². The molecule has 2 fully saturated rings. The summed E-state index contributed by atoms with van der Waals surface area (Å²) in [4.78, 5) is 27.0. The van der Waals surface area contributed by atoms with E-state index in [4.69, 9.17) is 0 Å². The van der Waals surface area contributed by atoms with Gasteiger partial charge in [-0.15, -0.1) is 0 Å². The van der Waals surface area contributed by atoms with Crippen molar-refractivity contribution in [1.29, 1.82) is 0 Å². The van der Waals surface area contributed by atoms with Gasteiger partial charge in [0.25, 0.3) is 5.91 Å². The van der Waals surface area contributed by atoms with E-state index in [0.717, 1.165) is 25.9 Å². The van der Waals surface area contributed by atoms with Crippen molar-refractivity contribution in [3.05, 3.63) is 22.0 Å². The Morgan fingerprint density at radius 2 is 2.25 bits per heavy atom. The monoisotopic (exact) mass is 279 g/mol. The van der Waals surface area contributed by atoms with E-state index >= 15 is 0 Å². The van der Waals surface area contributed by atoms with Gasteiger partial charge in [0, 0.05) is 32.7 Å². The van der Waals surface area contributed by atoms with Crippen LogP contribution in [0.5, 0.6) is 0 Å². The molecular weight excluding hydrogens is 262 g/mol. The lowest BCUT2D eigenvalue weighted by atomic mass is 10.1. The number of carbonyl (C=O) groups excluding carboxylic acids is 1. The van der Waals surface area contributed by atoms with Crippen LogP contribution < -0.4 is 0 Å². The molecule has 2 aliphatic rings. The second kappa shape index (κ2) is 4.86. The predicted octanol–water partition coefficient (Wildman–Crippen LogP) is 0.248. The van der Waals surface area contributed by atoms with E-state index in [-0.39, 0.29) is 17.3 Å². The molecule has 0 aliphatic carbocycles. The summed E-state index contributed by atoms with van der Waals surface area (Å²) in [5.41, 5.74) is -0.268. The van der Waals surface area contributed by atoms with Gasteiger partial charge in [-0.05, 0) is 19.4 Å². The first-order valence-electron chi connectivity index (χ1n) is 6.77. The fourth-order valence-electron chi connectivity index (χ4n) is 3.09. The van der Waals surface area contributed by atoms with Gasteiger partial charge < -0.3 is 4.90 Å². The Kier molecular flexibility index (Phi) is 3.17. The topological polar surface area (TPSA) is 84.5 Å². The smallest absolute Gasteiger partial charge is 0.320 e. The van der Waals surface area contributed by atoms with Crippen LogP contribution in [0.2, 0.25) is 0 Å². The number of nitro groups is 1. The predicted molar refractivity (Wildman–Crippen MR) is 70.4 cm³/mol. The molecule has 1 aromatic rings. The third-order valence-corrected chi connectivity index (χ3v) is 4.08. The van der Waals surface area contributed by atoms with E-state index in [0.29, 0.717) is 19.1 Å². The molecule has 3 heterocycles. The fourth-order valence-corrected chi connectivity index (χ4v) is 3.09. The minimum atomic E-state index is -0.550. The number of aryl methyl sites for hydroxylation is 1. The van der Waals surface area contributed by atoms with Gasteiger partial charge in [0.05, 0.1) is 4.92 Å². The van der Waals surface area contributed by atoms with Gasteiger partial charge in [0.2, 0.25) is 5.69 Å². The van der Waals surface area contributed by atoms with Gasteiger partial charge in [-0.1, -0.05) is 0 Å². The Hall–Kier alpha value is -1.96. The molecule has 0 N–H and O–H groups in total. The van der Waals surface area contributed by atoms with E-state index < -0.39 is 4.92 Å². The van der Waals surface area contributed by atoms with E-state index in [2.05, 4.69) is 10.00 Å². The van der Waals surface area contributed by atoms with Crippen LogP contribution in [0.4, 0.5) is 5.69 Å². The Morgan fingerprint density at radius 1 is 1.45 bits per heavy atom. The molecule has 1 aromatic heterocycles. The van der Waals surface area contributed by atoms with Gasteiger partial charge in [-0.25, -0.2) is 0 Å². The van der Waals surface area contributed by atoms with Gasteiger partial charge in [-0.2, -0.15) is 5.10 Å². The second-order valence-electron chi connectivity index (χ2n) is 5.38. The Balaban J connectivity index is 1.80. The lowest BCUT2D eigenvalue weighted by Gasteiger charge is -2.37. The van der Waals surface area contributed by atoms with Crippen molar-refractivity contribution in [3.63, 3.8) is 0 Å². The van der Waals surface area contributed by atoms with Crippen molar-refractivity contribution >= 4 is 11.6 Å². The zero-order valence-corrected chi connectivity index (χ0v) is 11.4. The molecule has 108 valence electrons. The van der Waals surface area contributed by atoms with Gasteiger partial charge >= 0.3 is 5.69 Å². The second-order valence-corrected chi connectivity index (χ2v) is 5.38. The van der Waals surface area contributed by atoms with Crippen LogP contribution in [-0.4, -0.2) is 62.6 Å². The fraction of sp³-hybridized carbons (Fsp3) is 0.667. The molecule has 0 spiro atoms. The van der Waals surface area contributed by atoms with Gasteiger partial charge in [0.1, 0.15) is 6.20 Å². The molecule has 0 radical (unpaired) electrons. The standard InChI is InChI=1S/C12H17N5O3/c1-14-8-10(17(19)20)11(13-14)12(18)16-6-5-15-4-2-3-9(15)7-16/h8-9H,2-7H2,1H3/t9-/m0/s1. The van der Waals surface area contributed by atoms with Crippen molar-refractivity contribution in [2.75, 3.05) is 26.2 Å². The summed E-state index contributed by atoms with van der Waals surface area (Å²) in [6.45, 7) is 3.20. The number of fused-ring (bicyclic) bond motifs is 1. The minimum Gasteiger partial charge on any atom is -0.334 e. The number of hydrogen-bond acceptors (Lipinski definition) is 5. The Bertz CT molecular complexity index is 555. The Morgan fingerprint density at radius 3 is 3.00 bits per heavy atom. The molecule has 8 nitrogen and oxygen atoms in total. The number of nitrogens with zero attached hydrogens (tertiary/aromatic N) is 5. The van der Waals surface area contributed by atoms with Gasteiger partial charge in [0.15, 0.2) is 0 Å². The maximum atomic E-state index is 12.5. The molecule has 0 bridgehead atoms. The first kappa shape index (κ1) is 13.0. The van der Waals surface area contributed by atoms with E-state index in [1.54, 1.807) is 11.9 Å². The molecule has 0 unspecified atom stereocenters. The van der Waals surface area contributed by atoms with Gasteiger partial charge in [-0.3, -0.25) is 24.5 Å². The SMILES string of the molecule is Cn1cc([N+](=O)[O-])c(C(=O)N2CCN3CCC[C@H]3C2)n1. The molecule has 2 aliphatic heterocycles. The normalized spacial score (nSPS) is 22.9. The third kappa shape index (κ3) is 2.15. The van der Waals surface area contributed by atoms with Crippen molar-refractivity contribution in [3.8, 4) is 0 Å². The zero-order valence-electron chi connectivity index (χ0n) is 11.4. The summed E-state index contributed by atoms with van der Waals surface area (Å²) in [6.07, 6.45) is 3.53. The van der Waals surface area contributed by atoms with Crippen molar-refractivity contribution in [2.24, 2.45) is 7.05 Å². The average Bonchev–Trinajstić information content (AvgIpc) is 3.02. The zero-order chi connectivity index (χ0) is 14.3. The summed E-state index contributed by atoms with van der Waals surface area (Å²) >= 11 is 0. The van der Waals surface area contributed by atoms with E-state index in [1.165, 1.54) is 10.9 Å². The molecule has 0 saturated carbocycles. The number of aromatic nitrogens is 2. The number of piperazine rings is 1. The first-order valence-corrected chi connectivity index (χ1v) is 6.77. The summed E-state index contributed by atoms with van der Waals surface area (Å²) in [6, 6.07) is 0.399. The number of rotatable bonds is 2. The Labute approximate surface area is 116 Å². The quantitative estimate of drug-likeness (QED) is 0.572. The number of carbonyl (C=O) groups is 1. The highest BCUT2D eigenvalue weighted by atomic mass is 16.6. The lowest BCUT2D eigenvalue weighted by molar-refractivity contribution is -0.385. The molecule has 8 heteroatoms. The summed E-state index contributed by atoms with van der Waals surface area (Å²) in [5.74, 6) is -0.330. The largest absolute Gasteiger partial charge is 0.334 e. The highest BCUT2D eigenvalue weighted by Crippen LogP contribution is 2.24. The number of amides is 1. The highest BCUT2D eigenvalue weighted by molar-refractivity contribution is 5.96. The van der Waals surface area contributed by atoms with Crippen molar-refractivity contribution in [1.82, 2.24) is 19.6 Å². The molecule has 0 aromatic carbocycles. The molecule has 20 heavy (non-hydrogen) atoms. The summed E-state index contributed by atoms with van der Waals surface area (Å²) in [5, 5.41) is 14.9. The molecular formula is C12H17N5O3. The maximum absolute atomic E-state index is 12.5. The van der Waals surface area contributed by atoms with Crippen LogP contribution in [-0.2, 0) is 7.05 Å². The lowest BCUT2D eigenvalue weighted by Crippen LogP contribution is -2.52. The van der Waals surface area contributed by atoms with E-state index in [9.17, 15) is 14.9 Å². The van der Waals surface area contributed by atoms with Crippen molar-refractivity contribution in [2.45, 2.75) is 18.9 Å². The first-order chi connectivity index (χ1) is 9.56. The maximum Gasteiger partial charge on any atom is 0.320 e. The van der Waals surface area contributed by atoms with Crippen LogP contribution in [0.1, 0.15) is 23.3 Å². The molecule has 2 saturated heterocycles. The van der Waals surface area contributed by atoms with Crippen LogP contribution in [0.15, 0.2) is 6.20 Å². The van der Waals surface area contributed by atoms with Crippen LogP contribution >= 0.6 is 0 Å². The highest BCUT2D eigenvalue weighted by Gasteiger charge is 2.36.